The van der Waals surface area contributed by atoms with Crippen LogP contribution in [0.4, 0.5) is 0 Å². The van der Waals surface area contributed by atoms with E-state index in [0.29, 0.717) is 6.10 Å². The fourth-order valence-electron chi connectivity index (χ4n) is 3.72. The Morgan fingerprint density at radius 3 is 2.60 bits per heavy atom. The van der Waals surface area contributed by atoms with E-state index in [1.54, 1.807) is 0 Å². The number of hydrogen-bond acceptors (Lipinski definition) is 4. The van der Waals surface area contributed by atoms with Crippen molar-refractivity contribution in [3.05, 3.63) is 17.0 Å². The second-order valence-corrected chi connectivity index (χ2v) is 6.81. The molecule has 1 fully saturated rings. The summed E-state index contributed by atoms with van der Waals surface area (Å²) in [4.78, 5) is 4.31. The van der Waals surface area contributed by atoms with Crippen LogP contribution in [0, 0.1) is 19.8 Å². The molecule has 2 rings (SSSR count). The van der Waals surface area contributed by atoms with Gasteiger partial charge < -0.3 is 19.9 Å². The van der Waals surface area contributed by atoms with Gasteiger partial charge in [0, 0.05) is 32.3 Å². The fraction of sp³-hybridized carbons (Fsp3) is 0.789. The van der Waals surface area contributed by atoms with E-state index in [2.05, 4.69) is 27.7 Å². The molecule has 1 unspecified atom stereocenters. The summed E-state index contributed by atoms with van der Waals surface area (Å²) in [7, 11) is 1.81. The lowest BCUT2D eigenvalue weighted by molar-refractivity contribution is 0.0169. The van der Waals surface area contributed by atoms with Gasteiger partial charge in [0.25, 0.3) is 0 Å². The van der Waals surface area contributed by atoms with Gasteiger partial charge in [-0.15, -0.1) is 0 Å². The van der Waals surface area contributed by atoms with Gasteiger partial charge >= 0.3 is 0 Å². The van der Waals surface area contributed by atoms with Crippen LogP contribution in [0.15, 0.2) is 9.52 Å². The van der Waals surface area contributed by atoms with Crippen molar-refractivity contribution in [1.82, 2.24) is 15.8 Å². The third-order valence-corrected chi connectivity index (χ3v) is 5.10. The molecule has 0 saturated heterocycles. The highest BCUT2D eigenvalue weighted by Crippen LogP contribution is 2.30. The van der Waals surface area contributed by atoms with Gasteiger partial charge in [-0.05, 0) is 52.4 Å². The Morgan fingerprint density at radius 2 is 2.00 bits per heavy atom. The van der Waals surface area contributed by atoms with Crippen molar-refractivity contribution in [3.8, 4) is 0 Å². The summed E-state index contributed by atoms with van der Waals surface area (Å²) in [5.41, 5.74) is 2.15. The molecule has 1 saturated carbocycles. The lowest BCUT2D eigenvalue weighted by Gasteiger charge is -2.24. The Bertz CT molecular complexity index is 516. The van der Waals surface area contributed by atoms with E-state index < -0.39 is 0 Å². The number of ether oxygens (including phenoxy) is 1. The van der Waals surface area contributed by atoms with Crippen molar-refractivity contribution in [2.75, 3.05) is 26.7 Å². The molecule has 0 aliphatic heterocycles. The predicted octanol–water partition coefficient (Wildman–Crippen LogP) is 2.98. The van der Waals surface area contributed by atoms with Crippen LogP contribution in [-0.2, 0) is 11.2 Å². The van der Waals surface area contributed by atoms with E-state index in [0.717, 1.165) is 55.9 Å². The van der Waals surface area contributed by atoms with Crippen LogP contribution in [0.25, 0.3) is 0 Å². The summed E-state index contributed by atoms with van der Waals surface area (Å²) in [5.74, 6) is 2.48. The van der Waals surface area contributed by atoms with Crippen LogP contribution >= 0.6 is 0 Å². The van der Waals surface area contributed by atoms with E-state index in [4.69, 9.17) is 9.26 Å². The maximum Gasteiger partial charge on any atom is 0.190 e. The largest absolute Gasteiger partial charge is 0.378 e. The first-order chi connectivity index (χ1) is 12.2. The maximum absolute atomic E-state index is 5.98. The molecule has 1 heterocycles. The van der Waals surface area contributed by atoms with Gasteiger partial charge in [0.05, 0.1) is 11.8 Å². The van der Waals surface area contributed by atoms with Crippen LogP contribution in [-0.4, -0.2) is 44.0 Å². The zero-order valence-electron chi connectivity index (χ0n) is 16.2. The molecule has 1 aliphatic carbocycles. The minimum Gasteiger partial charge on any atom is -0.378 e. The molecule has 1 aliphatic rings. The molecule has 0 aromatic carbocycles. The number of nitrogens with one attached hydrogen (secondary N) is 2. The number of hydrogen-bond donors (Lipinski definition) is 2. The molecule has 6 nitrogen and oxygen atoms in total. The molecule has 1 atom stereocenters. The minimum atomic E-state index is 0.375. The number of aromatic nitrogens is 1. The fourth-order valence-corrected chi connectivity index (χ4v) is 3.72. The molecule has 0 radical (unpaired) electrons. The number of aliphatic imine (C=N–C) groups is 1. The zero-order chi connectivity index (χ0) is 18.1. The van der Waals surface area contributed by atoms with Gasteiger partial charge in [0.1, 0.15) is 5.76 Å². The highest BCUT2D eigenvalue weighted by Gasteiger charge is 2.25. The van der Waals surface area contributed by atoms with Gasteiger partial charge in [-0.2, -0.15) is 0 Å². The van der Waals surface area contributed by atoms with Crippen LogP contribution in [0.3, 0.4) is 0 Å². The zero-order valence-corrected chi connectivity index (χ0v) is 16.2. The van der Waals surface area contributed by atoms with Crippen LogP contribution < -0.4 is 10.6 Å². The van der Waals surface area contributed by atoms with Crippen LogP contribution in [0.1, 0.15) is 56.0 Å². The van der Waals surface area contributed by atoms with Crippen molar-refractivity contribution >= 4 is 5.96 Å². The average molecular weight is 351 g/mol. The van der Waals surface area contributed by atoms with Crippen molar-refractivity contribution in [2.45, 2.75) is 65.4 Å². The first-order valence-corrected chi connectivity index (χ1v) is 9.63. The van der Waals surface area contributed by atoms with Gasteiger partial charge in [-0.25, -0.2) is 0 Å². The highest BCUT2D eigenvalue weighted by molar-refractivity contribution is 5.79. The number of rotatable bonds is 9. The van der Waals surface area contributed by atoms with E-state index in [1.165, 1.54) is 31.2 Å². The molecular weight excluding hydrogens is 316 g/mol. The Morgan fingerprint density at radius 1 is 1.28 bits per heavy atom. The monoisotopic (exact) mass is 350 g/mol. The normalized spacial score (nSPS) is 17.0. The van der Waals surface area contributed by atoms with Crippen molar-refractivity contribution < 1.29 is 9.26 Å². The third kappa shape index (κ3) is 6.03. The minimum absolute atomic E-state index is 0.375. The highest BCUT2D eigenvalue weighted by atomic mass is 16.5. The van der Waals surface area contributed by atoms with E-state index in [9.17, 15) is 0 Å². The molecule has 25 heavy (non-hydrogen) atoms. The Hall–Kier alpha value is -1.56. The Labute approximate surface area is 151 Å². The Kier molecular flexibility index (Phi) is 8.25. The van der Waals surface area contributed by atoms with E-state index >= 15 is 0 Å². The molecule has 1 aromatic rings. The number of aryl methyl sites for hydroxylation is 2. The Balaban J connectivity index is 1.70. The third-order valence-electron chi connectivity index (χ3n) is 5.10. The summed E-state index contributed by atoms with van der Waals surface area (Å²) in [6.07, 6.45) is 7.62. The summed E-state index contributed by atoms with van der Waals surface area (Å²) in [5, 5.41) is 10.8. The first-order valence-electron chi connectivity index (χ1n) is 9.63. The van der Waals surface area contributed by atoms with Crippen molar-refractivity contribution in [1.29, 1.82) is 0 Å². The molecular formula is C19H34N4O2. The van der Waals surface area contributed by atoms with Crippen LogP contribution in [0.5, 0.6) is 0 Å². The molecule has 0 spiro atoms. The SMILES string of the molecule is CCOC(CCNC(=NC)NCCc1c(C)noc1C)C1CCCC1. The predicted molar refractivity (Wildman–Crippen MR) is 101 cm³/mol. The molecule has 2 N–H and O–H groups in total. The second-order valence-electron chi connectivity index (χ2n) is 6.81. The lowest BCUT2D eigenvalue weighted by Crippen LogP contribution is -2.40. The van der Waals surface area contributed by atoms with Crippen molar-refractivity contribution in [3.63, 3.8) is 0 Å². The number of guanidine groups is 1. The maximum atomic E-state index is 5.98. The summed E-state index contributed by atoms with van der Waals surface area (Å²) in [6.45, 7) is 8.51. The lowest BCUT2D eigenvalue weighted by atomic mass is 9.98. The molecule has 6 heteroatoms. The van der Waals surface area contributed by atoms with Gasteiger partial charge in [0.2, 0.25) is 0 Å². The molecule has 142 valence electrons. The van der Waals surface area contributed by atoms with E-state index in [-0.39, 0.29) is 0 Å². The standard InChI is InChI=1S/C19H34N4O2/c1-5-24-18(16-8-6-7-9-16)11-13-22-19(20-4)21-12-10-17-14(2)23-25-15(17)3/h16,18H,5-13H2,1-4H3,(H2,20,21,22). The molecule has 0 bridgehead atoms. The van der Waals surface area contributed by atoms with Gasteiger partial charge in [-0.1, -0.05) is 18.0 Å². The first kappa shape index (κ1) is 19.8. The van der Waals surface area contributed by atoms with Gasteiger partial charge in [0.15, 0.2) is 5.96 Å². The summed E-state index contributed by atoms with van der Waals surface area (Å²) in [6, 6.07) is 0. The summed E-state index contributed by atoms with van der Waals surface area (Å²) >= 11 is 0. The van der Waals surface area contributed by atoms with Crippen molar-refractivity contribution in [2.24, 2.45) is 10.9 Å². The van der Waals surface area contributed by atoms with E-state index in [1.807, 2.05) is 20.9 Å². The molecule has 1 aromatic heterocycles. The average Bonchev–Trinajstić information content (AvgIpc) is 3.24. The molecule has 0 amide bonds. The van der Waals surface area contributed by atoms with Crippen LogP contribution in [0.2, 0.25) is 0 Å². The second kappa shape index (κ2) is 10.4. The van der Waals surface area contributed by atoms with Gasteiger partial charge in [-0.3, -0.25) is 4.99 Å². The number of nitrogens with zero attached hydrogens (tertiary/aromatic N) is 2. The smallest absolute Gasteiger partial charge is 0.190 e. The quantitative estimate of drug-likeness (QED) is 0.529. The summed E-state index contributed by atoms with van der Waals surface area (Å²) < 4.78 is 11.2. The topological polar surface area (TPSA) is 71.7 Å².